The molecule has 1 aromatic heterocycles. The summed E-state index contributed by atoms with van der Waals surface area (Å²) in [6.45, 7) is 0.279. The van der Waals surface area contributed by atoms with Crippen molar-refractivity contribution in [2.24, 2.45) is 0 Å². The summed E-state index contributed by atoms with van der Waals surface area (Å²) in [6, 6.07) is 6.21. The van der Waals surface area contributed by atoms with E-state index in [1.54, 1.807) is 18.2 Å². The lowest BCUT2D eigenvalue weighted by atomic mass is 10.0. The second-order valence-corrected chi connectivity index (χ2v) is 11.4. The molecule has 0 aliphatic carbocycles. The van der Waals surface area contributed by atoms with Crippen LogP contribution in [0.15, 0.2) is 29.2 Å². The molecule has 1 N–H and O–H groups in total. The van der Waals surface area contributed by atoms with Gasteiger partial charge in [0.1, 0.15) is 9.23 Å². The van der Waals surface area contributed by atoms with Crippen molar-refractivity contribution in [2.75, 3.05) is 21.8 Å². The van der Waals surface area contributed by atoms with Gasteiger partial charge in [0.2, 0.25) is 10.0 Å². The molecule has 11 heteroatoms. The van der Waals surface area contributed by atoms with E-state index < -0.39 is 20.0 Å². The van der Waals surface area contributed by atoms with Crippen LogP contribution >= 0.6 is 34.5 Å². The largest absolute Gasteiger partial charge is 0.283 e. The molecule has 0 unspecified atom stereocenters. The molecule has 0 spiro atoms. The number of anilines is 2. The van der Waals surface area contributed by atoms with E-state index in [1.165, 1.54) is 10.4 Å². The molecule has 1 aliphatic heterocycles. The lowest BCUT2D eigenvalue weighted by molar-refractivity contribution is 0.587. The number of hydrogen-bond acceptors (Lipinski definition) is 5. The van der Waals surface area contributed by atoms with Crippen LogP contribution in [0.25, 0.3) is 0 Å². The van der Waals surface area contributed by atoms with Crippen molar-refractivity contribution in [1.29, 1.82) is 0 Å². The van der Waals surface area contributed by atoms with E-state index in [2.05, 4.69) is 4.72 Å². The fourth-order valence-electron chi connectivity index (χ4n) is 2.76. The maximum Gasteiger partial charge on any atom is 0.266 e. The summed E-state index contributed by atoms with van der Waals surface area (Å²) in [6.07, 6.45) is 2.18. The highest BCUT2D eigenvalue weighted by molar-refractivity contribution is 7.93. The first-order valence-electron chi connectivity index (χ1n) is 7.17. The van der Waals surface area contributed by atoms with Crippen LogP contribution < -0.4 is 9.03 Å². The van der Waals surface area contributed by atoms with Crippen LogP contribution in [0.4, 0.5) is 11.4 Å². The standard InChI is InChI=1S/C14H14Cl2N2O4S3/c1-24(19,20)17-10-5-2-6-11-9(10)4-3-7-18(11)25(21,22)12-8-13(15)23-14(12)16/h2,5-6,8,17H,3-4,7H2,1H3. The molecule has 0 fully saturated rings. The van der Waals surface area contributed by atoms with Crippen LogP contribution in [-0.2, 0) is 26.5 Å². The fourth-order valence-corrected chi connectivity index (χ4v) is 7.00. The monoisotopic (exact) mass is 440 g/mol. The summed E-state index contributed by atoms with van der Waals surface area (Å²) in [5.41, 5.74) is 1.47. The minimum atomic E-state index is -3.90. The molecular formula is C14H14Cl2N2O4S3. The molecule has 25 heavy (non-hydrogen) atoms. The van der Waals surface area contributed by atoms with Gasteiger partial charge >= 0.3 is 0 Å². The Bertz CT molecular complexity index is 1030. The number of nitrogens with one attached hydrogen (secondary N) is 1. The van der Waals surface area contributed by atoms with Crippen LogP contribution in [0.5, 0.6) is 0 Å². The topological polar surface area (TPSA) is 83.6 Å². The van der Waals surface area contributed by atoms with Crippen molar-refractivity contribution in [3.05, 3.63) is 38.5 Å². The molecule has 2 heterocycles. The van der Waals surface area contributed by atoms with Gasteiger partial charge in [-0.2, -0.15) is 0 Å². The number of thiophene rings is 1. The summed E-state index contributed by atoms with van der Waals surface area (Å²) in [5.74, 6) is 0. The van der Waals surface area contributed by atoms with E-state index in [9.17, 15) is 16.8 Å². The van der Waals surface area contributed by atoms with Crippen molar-refractivity contribution < 1.29 is 16.8 Å². The Morgan fingerprint density at radius 1 is 1.20 bits per heavy atom. The SMILES string of the molecule is CS(=O)(=O)Nc1cccc2c1CCCN2S(=O)(=O)c1cc(Cl)sc1Cl. The summed E-state index contributed by atoms with van der Waals surface area (Å²) in [4.78, 5) is -0.0431. The molecule has 136 valence electrons. The number of hydrogen-bond donors (Lipinski definition) is 1. The zero-order valence-electron chi connectivity index (χ0n) is 13.0. The highest BCUT2D eigenvalue weighted by Crippen LogP contribution is 2.40. The van der Waals surface area contributed by atoms with E-state index >= 15 is 0 Å². The van der Waals surface area contributed by atoms with Gasteiger partial charge in [0.05, 0.1) is 22.0 Å². The van der Waals surface area contributed by atoms with E-state index in [1.807, 2.05) is 0 Å². The summed E-state index contributed by atoms with van der Waals surface area (Å²) in [7, 11) is -7.37. The van der Waals surface area contributed by atoms with E-state index in [4.69, 9.17) is 23.2 Å². The van der Waals surface area contributed by atoms with Crippen LogP contribution in [0.2, 0.25) is 8.67 Å². The van der Waals surface area contributed by atoms with Crippen LogP contribution in [0.3, 0.4) is 0 Å². The second kappa shape index (κ2) is 6.62. The van der Waals surface area contributed by atoms with Crippen molar-refractivity contribution in [3.8, 4) is 0 Å². The molecule has 0 bridgehead atoms. The molecule has 0 radical (unpaired) electrons. The second-order valence-electron chi connectivity index (χ2n) is 5.55. The van der Waals surface area contributed by atoms with E-state index in [0.29, 0.717) is 29.8 Å². The average molecular weight is 441 g/mol. The zero-order chi connectivity index (χ0) is 18.4. The van der Waals surface area contributed by atoms with Crippen molar-refractivity contribution in [1.82, 2.24) is 0 Å². The highest BCUT2D eigenvalue weighted by atomic mass is 35.5. The Hall–Kier alpha value is -1.00. The fraction of sp³-hybridized carbons (Fsp3) is 0.286. The molecule has 2 aromatic rings. The Morgan fingerprint density at radius 3 is 2.52 bits per heavy atom. The molecule has 1 aromatic carbocycles. The van der Waals surface area contributed by atoms with Gasteiger partial charge in [0, 0.05) is 12.1 Å². The third-order valence-corrected chi connectivity index (χ3v) is 7.85. The normalized spacial score (nSPS) is 15.1. The van der Waals surface area contributed by atoms with Gasteiger partial charge in [-0.25, -0.2) is 16.8 Å². The Morgan fingerprint density at radius 2 is 1.92 bits per heavy atom. The third kappa shape index (κ3) is 3.75. The number of sulfonamides is 2. The first kappa shape index (κ1) is 18.8. The first-order chi connectivity index (χ1) is 11.6. The van der Waals surface area contributed by atoms with Crippen LogP contribution in [0.1, 0.15) is 12.0 Å². The molecule has 0 saturated heterocycles. The number of rotatable bonds is 4. The van der Waals surface area contributed by atoms with E-state index in [-0.39, 0.29) is 20.1 Å². The Kier molecular flexibility index (Phi) is 4.97. The van der Waals surface area contributed by atoms with Gasteiger partial charge in [-0.1, -0.05) is 29.3 Å². The summed E-state index contributed by atoms with van der Waals surface area (Å²) in [5, 5.41) is 0. The summed E-state index contributed by atoms with van der Waals surface area (Å²) < 4.78 is 53.3. The predicted octanol–water partition coefficient (Wildman–Crippen LogP) is 3.57. The van der Waals surface area contributed by atoms with E-state index in [0.717, 1.165) is 17.6 Å². The Labute approximate surface area is 160 Å². The maximum absolute atomic E-state index is 13.0. The highest BCUT2D eigenvalue weighted by Gasteiger charge is 2.33. The van der Waals surface area contributed by atoms with Gasteiger partial charge in [0.15, 0.2) is 0 Å². The molecule has 1 aliphatic rings. The smallest absolute Gasteiger partial charge is 0.266 e. The van der Waals surface area contributed by atoms with Gasteiger partial charge in [-0.15, -0.1) is 11.3 Å². The number of benzene rings is 1. The van der Waals surface area contributed by atoms with Crippen LogP contribution in [0, 0.1) is 0 Å². The van der Waals surface area contributed by atoms with Crippen molar-refractivity contribution >= 4 is 66.0 Å². The molecule has 0 saturated carbocycles. The van der Waals surface area contributed by atoms with Gasteiger partial charge < -0.3 is 0 Å². The lowest BCUT2D eigenvalue weighted by Crippen LogP contribution is -2.35. The molecular weight excluding hydrogens is 427 g/mol. The quantitative estimate of drug-likeness (QED) is 0.787. The average Bonchev–Trinajstić information content (AvgIpc) is 2.85. The van der Waals surface area contributed by atoms with Gasteiger partial charge in [0.25, 0.3) is 10.0 Å². The van der Waals surface area contributed by atoms with Crippen molar-refractivity contribution in [2.45, 2.75) is 17.7 Å². The van der Waals surface area contributed by atoms with Crippen LogP contribution in [-0.4, -0.2) is 29.6 Å². The van der Waals surface area contributed by atoms with Gasteiger partial charge in [-0.3, -0.25) is 9.03 Å². The first-order valence-corrected chi connectivity index (χ1v) is 12.1. The minimum Gasteiger partial charge on any atom is -0.283 e. The zero-order valence-corrected chi connectivity index (χ0v) is 17.0. The maximum atomic E-state index is 13.0. The number of fused-ring (bicyclic) bond motifs is 1. The summed E-state index contributed by atoms with van der Waals surface area (Å²) >= 11 is 12.9. The van der Waals surface area contributed by atoms with Gasteiger partial charge in [-0.05, 0) is 31.0 Å². The molecule has 6 nitrogen and oxygen atoms in total. The molecule has 0 atom stereocenters. The Balaban J connectivity index is 2.11. The minimum absolute atomic E-state index is 0.0431. The number of nitrogens with zero attached hydrogens (tertiary/aromatic N) is 1. The lowest BCUT2D eigenvalue weighted by Gasteiger charge is -2.31. The van der Waals surface area contributed by atoms with Crippen molar-refractivity contribution in [3.63, 3.8) is 0 Å². The molecule has 0 amide bonds. The predicted molar refractivity (Wildman–Crippen MR) is 102 cm³/mol. The molecule has 3 rings (SSSR count). The number of halogens is 2. The third-order valence-electron chi connectivity index (χ3n) is 3.70.